The molecule has 0 saturated carbocycles. The summed E-state index contributed by atoms with van der Waals surface area (Å²) >= 11 is 15.5. The number of anilines is 1. The Labute approximate surface area is 169 Å². The Kier molecular flexibility index (Phi) is 5.77. The first-order chi connectivity index (χ1) is 12.5. The summed E-state index contributed by atoms with van der Waals surface area (Å²) in [6.07, 6.45) is 0. The van der Waals surface area contributed by atoms with Gasteiger partial charge in [-0.25, -0.2) is 0 Å². The van der Waals surface area contributed by atoms with Gasteiger partial charge in [-0.05, 0) is 54.6 Å². The van der Waals surface area contributed by atoms with E-state index in [9.17, 15) is 9.59 Å². The molecule has 1 amide bonds. The molecule has 0 aromatic heterocycles. The molecule has 0 saturated heterocycles. The third-order valence-corrected chi connectivity index (χ3v) is 4.79. The number of nitrogens with one attached hydrogen (secondary N) is 1. The van der Waals surface area contributed by atoms with E-state index in [0.717, 1.165) is 4.47 Å². The van der Waals surface area contributed by atoms with Crippen LogP contribution in [0.2, 0.25) is 10.0 Å². The van der Waals surface area contributed by atoms with Gasteiger partial charge in [-0.3, -0.25) is 9.59 Å². The zero-order valence-electron chi connectivity index (χ0n) is 13.3. The lowest BCUT2D eigenvalue weighted by Crippen LogP contribution is -2.15. The van der Waals surface area contributed by atoms with Gasteiger partial charge < -0.3 is 5.32 Å². The van der Waals surface area contributed by atoms with Crippen LogP contribution in [0, 0.1) is 0 Å². The molecule has 0 aliphatic heterocycles. The van der Waals surface area contributed by atoms with Crippen molar-refractivity contribution < 1.29 is 9.59 Å². The Morgan fingerprint density at radius 1 is 0.846 bits per heavy atom. The molecule has 0 heterocycles. The van der Waals surface area contributed by atoms with E-state index in [1.54, 1.807) is 60.7 Å². The van der Waals surface area contributed by atoms with E-state index in [2.05, 4.69) is 21.2 Å². The van der Waals surface area contributed by atoms with Crippen molar-refractivity contribution in [3.8, 4) is 0 Å². The molecule has 0 radical (unpaired) electrons. The maximum absolute atomic E-state index is 12.9. The molecular weight excluding hydrogens is 437 g/mol. The van der Waals surface area contributed by atoms with E-state index >= 15 is 0 Å². The number of hydrogen-bond donors (Lipinski definition) is 1. The van der Waals surface area contributed by atoms with Gasteiger partial charge in [0.25, 0.3) is 5.91 Å². The normalized spacial score (nSPS) is 10.4. The fourth-order valence-corrected chi connectivity index (χ4v) is 3.06. The topological polar surface area (TPSA) is 46.2 Å². The predicted octanol–water partition coefficient (Wildman–Crippen LogP) is 6.24. The van der Waals surface area contributed by atoms with Crippen LogP contribution in [0.3, 0.4) is 0 Å². The summed E-state index contributed by atoms with van der Waals surface area (Å²) in [6, 6.07) is 18.4. The van der Waals surface area contributed by atoms with Gasteiger partial charge in [-0.15, -0.1) is 0 Å². The van der Waals surface area contributed by atoms with E-state index in [1.165, 1.54) is 6.07 Å². The maximum Gasteiger partial charge on any atom is 0.255 e. The summed E-state index contributed by atoms with van der Waals surface area (Å²) in [7, 11) is 0. The number of hydrogen-bond acceptors (Lipinski definition) is 2. The Bertz CT molecular complexity index is 987. The largest absolute Gasteiger partial charge is 0.321 e. The van der Waals surface area contributed by atoms with E-state index in [1.807, 2.05) is 0 Å². The van der Waals surface area contributed by atoms with Gasteiger partial charge >= 0.3 is 0 Å². The smallest absolute Gasteiger partial charge is 0.255 e. The second kappa shape index (κ2) is 8.04. The van der Waals surface area contributed by atoms with Crippen molar-refractivity contribution in [2.75, 3.05) is 5.32 Å². The number of carbonyl (C=O) groups excluding carboxylic acids is 2. The number of carbonyl (C=O) groups is 2. The molecule has 130 valence electrons. The number of halogens is 3. The molecule has 0 aliphatic carbocycles. The summed E-state index contributed by atoms with van der Waals surface area (Å²) in [5, 5.41) is 3.49. The average Bonchev–Trinajstić information content (AvgIpc) is 2.63. The molecular formula is C20H12BrCl2NO2. The molecule has 0 spiro atoms. The van der Waals surface area contributed by atoms with Crippen molar-refractivity contribution in [2.24, 2.45) is 0 Å². The standard InChI is InChI=1S/C20H12BrCl2NO2/c21-13-7-5-12(6-8-13)20(26)24-18-10-9-14(22)11-16(18)19(25)15-3-1-2-4-17(15)23/h1-11H,(H,24,26). The lowest BCUT2D eigenvalue weighted by Gasteiger charge is -2.12. The van der Waals surface area contributed by atoms with Crippen LogP contribution in [0.15, 0.2) is 71.2 Å². The molecule has 0 bridgehead atoms. The van der Waals surface area contributed by atoms with Crippen LogP contribution in [0.25, 0.3) is 0 Å². The van der Waals surface area contributed by atoms with Crippen LogP contribution in [0.1, 0.15) is 26.3 Å². The Hall–Kier alpha value is -2.14. The molecule has 0 atom stereocenters. The molecule has 3 aromatic rings. The van der Waals surface area contributed by atoms with Crippen LogP contribution >= 0.6 is 39.1 Å². The van der Waals surface area contributed by atoms with E-state index in [4.69, 9.17) is 23.2 Å². The minimum absolute atomic E-state index is 0.274. The molecule has 0 fully saturated rings. The highest BCUT2D eigenvalue weighted by Gasteiger charge is 2.18. The Balaban J connectivity index is 1.96. The van der Waals surface area contributed by atoms with Crippen LogP contribution in [0.4, 0.5) is 5.69 Å². The second-order valence-corrected chi connectivity index (χ2v) is 7.22. The molecule has 3 rings (SSSR count). The molecule has 1 N–H and O–H groups in total. The third kappa shape index (κ3) is 4.15. The van der Waals surface area contributed by atoms with E-state index < -0.39 is 0 Å². The maximum atomic E-state index is 12.9. The first-order valence-corrected chi connectivity index (χ1v) is 9.16. The highest BCUT2D eigenvalue weighted by molar-refractivity contribution is 9.10. The SMILES string of the molecule is O=C(Nc1ccc(Cl)cc1C(=O)c1ccccc1Cl)c1ccc(Br)cc1. The van der Waals surface area contributed by atoms with Gasteiger partial charge in [0.2, 0.25) is 0 Å². The summed E-state index contributed by atoms with van der Waals surface area (Å²) in [5.41, 5.74) is 1.46. The van der Waals surface area contributed by atoms with Crippen molar-refractivity contribution in [1.82, 2.24) is 0 Å². The summed E-state index contributed by atoms with van der Waals surface area (Å²) in [5.74, 6) is -0.641. The molecule has 26 heavy (non-hydrogen) atoms. The van der Waals surface area contributed by atoms with Crippen molar-refractivity contribution in [2.45, 2.75) is 0 Å². The number of benzene rings is 3. The average molecular weight is 449 g/mol. The van der Waals surface area contributed by atoms with E-state index in [-0.39, 0.29) is 17.3 Å². The van der Waals surface area contributed by atoms with Crippen LogP contribution in [-0.4, -0.2) is 11.7 Å². The van der Waals surface area contributed by atoms with Gasteiger partial charge in [0, 0.05) is 26.2 Å². The Morgan fingerprint density at radius 2 is 1.54 bits per heavy atom. The van der Waals surface area contributed by atoms with E-state index in [0.29, 0.717) is 26.9 Å². The Morgan fingerprint density at radius 3 is 2.23 bits per heavy atom. The van der Waals surface area contributed by atoms with Crippen molar-refractivity contribution in [1.29, 1.82) is 0 Å². The van der Waals surface area contributed by atoms with Gasteiger partial charge in [-0.1, -0.05) is 51.3 Å². The van der Waals surface area contributed by atoms with Crippen molar-refractivity contribution in [3.63, 3.8) is 0 Å². The molecule has 6 heteroatoms. The zero-order chi connectivity index (χ0) is 18.7. The summed E-state index contributed by atoms with van der Waals surface area (Å²) in [6.45, 7) is 0. The zero-order valence-corrected chi connectivity index (χ0v) is 16.4. The fourth-order valence-electron chi connectivity index (χ4n) is 2.40. The summed E-state index contributed by atoms with van der Waals surface area (Å²) < 4.78 is 0.870. The van der Waals surface area contributed by atoms with Crippen LogP contribution in [0.5, 0.6) is 0 Å². The number of rotatable bonds is 4. The minimum Gasteiger partial charge on any atom is -0.321 e. The second-order valence-electron chi connectivity index (χ2n) is 5.46. The highest BCUT2D eigenvalue weighted by Crippen LogP contribution is 2.27. The first kappa shape index (κ1) is 18.6. The predicted molar refractivity (Wildman–Crippen MR) is 108 cm³/mol. The number of amides is 1. The lowest BCUT2D eigenvalue weighted by molar-refractivity contribution is 0.102. The first-order valence-electron chi connectivity index (χ1n) is 7.61. The van der Waals surface area contributed by atoms with Gasteiger partial charge in [0.15, 0.2) is 5.78 Å². The molecule has 0 aliphatic rings. The highest BCUT2D eigenvalue weighted by atomic mass is 79.9. The van der Waals surface area contributed by atoms with Gasteiger partial charge in [0.05, 0.1) is 10.7 Å². The van der Waals surface area contributed by atoms with Crippen molar-refractivity contribution >= 4 is 56.5 Å². The van der Waals surface area contributed by atoms with Gasteiger partial charge in [0.1, 0.15) is 0 Å². The lowest BCUT2D eigenvalue weighted by atomic mass is 10.0. The molecule has 3 aromatic carbocycles. The van der Waals surface area contributed by atoms with Gasteiger partial charge in [-0.2, -0.15) is 0 Å². The quantitative estimate of drug-likeness (QED) is 0.480. The monoisotopic (exact) mass is 447 g/mol. The molecule has 3 nitrogen and oxygen atoms in total. The van der Waals surface area contributed by atoms with Crippen LogP contribution in [-0.2, 0) is 0 Å². The third-order valence-electron chi connectivity index (χ3n) is 3.70. The molecule has 0 unspecified atom stereocenters. The summed E-state index contributed by atoms with van der Waals surface area (Å²) in [4.78, 5) is 25.4. The van der Waals surface area contributed by atoms with Crippen molar-refractivity contribution in [3.05, 3.63) is 97.9 Å². The van der Waals surface area contributed by atoms with Crippen LogP contribution < -0.4 is 5.32 Å². The number of ketones is 1. The fraction of sp³-hybridized carbons (Fsp3) is 0. The minimum atomic E-state index is -0.326.